The van der Waals surface area contributed by atoms with Crippen molar-refractivity contribution in [1.29, 1.82) is 0 Å². The van der Waals surface area contributed by atoms with Crippen LogP contribution in [0.3, 0.4) is 0 Å². The summed E-state index contributed by atoms with van der Waals surface area (Å²) >= 11 is 19.9. The van der Waals surface area contributed by atoms with Crippen LogP contribution in [-0.2, 0) is 21.1 Å². The van der Waals surface area contributed by atoms with Gasteiger partial charge in [0.15, 0.2) is 0 Å². The smallest absolute Gasteiger partial charge is 0.110 e. The maximum Gasteiger partial charge on any atom is 0.440 e. The SMILES string of the molecule is Cl[Si](Cl)(Cl)Cl.[W]. The molecule has 0 atom stereocenters. The molecule has 0 nitrogen and oxygen atoms in total. The summed E-state index contributed by atoms with van der Waals surface area (Å²) in [6.07, 6.45) is 0. The summed E-state index contributed by atoms with van der Waals surface area (Å²) in [5.74, 6) is 0. The predicted octanol–water partition coefficient (Wildman–Crippen LogP) is 2.37. The second kappa shape index (κ2) is 4.00. The maximum absolute atomic E-state index is 4.97. The van der Waals surface area contributed by atoms with Crippen molar-refractivity contribution in [3.63, 3.8) is 0 Å². The van der Waals surface area contributed by atoms with Gasteiger partial charge in [0.05, 0.1) is 0 Å². The van der Waals surface area contributed by atoms with E-state index in [1.165, 1.54) is 0 Å². The van der Waals surface area contributed by atoms with Gasteiger partial charge in [-0.25, -0.2) is 0 Å². The Morgan fingerprint density at radius 2 is 0.833 bits per heavy atom. The molecule has 0 unspecified atom stereocenters. The van der Waals surface area contributed by atoms with Gasteiger partial charge in [-0.2, -0.15) is 0 Å². The Morgan fingerprint density at radius 1 is 0.833 bits per heavy atom. The monoisotopic (exact) mass is 352 g/mol. The van der Waals surface area contributed by atoms with E-state index in [0.29, 0.717) is 0 Å². The van der Waals surface area contributed by atoms with Gasteiger partial charge in [-0.15, -0.1) is 44.3 Å². The Bertz CT molecular complexity index is 23.0. The molecule has 0 aromatic heterocycles. The van der Waals surface area contributed by atoms with Gasteiger partial charge in [0.1, 0.15) is 0 Å². The van der Waals surface area contributed by atoms with Crippen LogP contribution in [-0.4, -0.2) is 5.31 Å². The Hall–Kier alpha value is 2.07. The van der Waals surface area contributed by atoms with E-state index in [-0.39, 0.29) is 21.1 Å². The van der Waals surface area contributed by atoms with Crippen molar-refractivity contribution >= 4 is 49.6 Å². The average Bonchev–Trinajstić information content (AvgIpc) is 0.722. The van der Waals surface area contributed by atoms with E-state index in [0.717, 1.165) is 0 Å². The van der Waals surface area contributed by atoms with Crippen molar-refractivity contribution < 1.29 is 21.1 Å². The molecule has 0 spiro atoms. The Labute approximate surface area is 70.2 Å². The summed E-state index contributed by atoms with van der Waals surface area (Å²) in [7, 11) is 0. The van der Waals surface area contributed by atoms with Crippen LogP contribution >= 0.6 is 44.3 Å². The molecule has 0 aromatic carbocycles. The van der Waals surface area contributed by atoms with Crippen molar-refractivity contribution in [3.8, 4) is 0 Å². The summed E-state index contributed by atoms with van der Waals surface area (Å²) in [6, 6.07) is 0. The van der Waals surface area contributed by atoms with Crippen LogP contribution in [0.15, 0.2) is 0 Å². The molecule has 0 bridgehead atoms. The molecule has 0 rings (SSSR count). The van der Waals surface area contributed by atoms with E-state index in [9.17, 15) is 0 Å². The van der Waals surface area contributed by atoms with E-state index >= 15 is 0 Å². The minimum absolute atomic E-state index is 0. The van der Waals surface area contributed by atoms with Gasteiger partial charge in [-0.3, -0.25) is 0 Å². The molecule has 38 valence electrons. The molecule has 0 radical (unpaired) electrons. The molecule has 0 aliphatic carbocycles. The van der Waals surface area contributed by atoms with Gasteiger partial charge >= 0.3 is 5.31 Å². The fourth-order valence-electron chi connectivity index (χ4n) is 0. The average molecular weight is 354 g/mol. The predicted molar refractivity (Wildman–Crippen MR) is 29.2 cm³/mol. The van der Waals surface area contributed by atoms with Gasteiger partial charge in [0.25, 0.3) is 0 Å². The van der Waals surface area contributed by atoms with Gasteiger partial charge in [-0.1, -0.05) is 0 Å². The number of hydrogen-bond donors (Lipinski definition) is 0. The second-order valence-electron chi connectivity index (χ2n) is 0.429. The summed E-state index contributed by atoms with van der Waals surface area (Å²) in [5, 5.41) is -2.72. The quantitative estimate of drug-likeness (QED) is 0.463. The van der Waals surface area contributed by atoms with E-state index in [2.05, 4.69) is 0 Å². The van der Waals surface area contributed by atoms with E-state index in [1.54, 1.807) is 0 Å². The maximum atomic E-state index is 4.97. The van der Waals surface area contributed by atoms with Crippen LogP contribution in [0.25, 0.3) is 0 Å². The van der Waals surface area contributed by atoms with E-state index in [4.69, 9.17) is 44.3 Å². The molecular weight excluding hydrogens is 354 g/mol. The molecule has 6 heavy (non-hydrogen) atoms. The van der Waals surface area contributed by atoms with E-state index < -0.39 is 5.31 Å². The van der Waals surface area contributed by atoms with Gasteiger partial charge in [-0.05, 0) is 0 Å². The minimum Gasteiger partial charge on any atom is -0.110 e. The molecule has 0 saturated heterocycles. The largest absolute Gasteiger partial charge is 0.440 e. The first-order valence-corrected chi connectivity index (χ1v) is 6.80. The van der Waals surface area contributed by atoms with Crippen LogP contribution in [0, 0.1) is 0 Å². The van der Waals surface area contributed by atoms with Gasteiger partial charge in [0.2, 0.25) is 0 Å². The van der Waals surface area contributed by atoms with Crippen molar-refractivity contribution in [3.05, 3.63) is 0 Å². The first-order chi connectivity index (χ1) is 2.00. The van der Waals surface area contributed by atoms with Crippen LogP contribution in [0.5, 0.6) is 0 Å². The first kappa shape index (κ1) is 10.9. The molecule has 0 saturated carbocycles. The second-order valence-corrected chi connectivity index (χ2v) is 11.6. The zero-order valence-corrected chi connectivity index (χ0v) is 9.38. The number of rotatable bonds is 0. The molecular formula is Cl4SiW. The summed E-state index contributed by atoms with van der Waals surface area (Å²) in [6.45, 7) is 0. The molecule has 0 fully saturated rings. The molecule has 0 aliphatic heterocycles. The van der Waals surface area contributed by atoms with Crippen molar-refractivity contribution in [2.45, 2.75) is 0 Å². The number of halogens is 4. The molecule has 0 heterocycles. The van der Waals surface area contributed by atoms with Gasteiger partial charge < -0.3 is 0 Å². The molecule has 6 heteroatoms. The molecule has 0 aliphatic rings. The van der Waals surface area contributed by atoms with Crippen LogP contribution < -0.4 is 0 Å². The topological polar surface area (TPSA) is 0 Å². The summed E-state index contributed by atoms with van der Waals surface area (Å²) in [4.78, 5) is 0. The van der Waals surface area contributed by atoms with Crippen LogP contribution in [0.2, 0.25) is 0 Å². The molecule has 0 amide bonds. The molecule has 0 N–H and O–H groups in total. The third-order valence-electron chi connectivity index (χ3n) is 0. The van der Waals surface area contributed by atoms with E-state index in [1.807, 2.05) is 0 Å². The third-order valence-corrected chi connectivity index (χ3v) is 0. The summed E-state index contributed by atoms with van der Waals surface area (Å²) in [5.41, 5.74) is 0. The van der Waals surface area contributed by atoms with Crippen LogP contribution in [0.1, 0.15) is 0 Å². The number of hydrogen-bond acceptors (Lipinski definition) is 0. The van der Waals surface area contributed by atoms with Crippen molar-refractivity contribution in [1.82, 2.24) is 0 Å². The van der Waals surface area contributed by atoms with Crippen LogP contribution in [0.4, 0.5) is 0 Å². The minimum atomic E-state index is -2.72. The molecule has 0 aromatic rings. The van der Waals surface area contributed by atoms with Crippen molar-refractivity contribution in [2.75, 3.05) is 0 Å². The summed E-state index contributed by atoms with van der Waals surface area (Å²) < 4.78 is 0. The van der Waals surface area contributed by atoms with Gasteiger partial charge in [0, 0.05) is 21.1 Å². The first-order valence-electron chi connectivity index (χ1n) is 0.756. The standard InChI is InChI=1S/Cl4Si.W/c1-5(2,3)4;. The zero-order valence-electron chi connectivity index (χ0n) is 2.42. The fourth-order valence-corrected chi connectivity index (χ4v) is 0. The third kappa shape index (κ3) is 36.5. The Morgan fingerprint density at radius 3 is 0.833 bits per heavy atom. The fraction of sp³-hybridized carbons (Fsp3) is 0. The zero-order chi connectivity index (χ0) is 4.50. The Kier molecular flexibility index (Phi) is 7.29. The Balaban J connectivity index is 0. The normalized spacial score (nSPS) is 10.0. The van der Waals surface area contributed by atoms with Crippen molar-refractivity contribution in [2.24, 2.45) is 0 Å².